The summed E-state index contributed by atoms with van der Waals surface area (Å²) in [7, 11) is 3.07. The van der Waals surface area contributed by atoms with E-state index in [2.05, 4.69) is 38.3 Å². The second kappa shape index (κ2) is 12.1. The van der Waals surface area contributed by atoms with Gasteiger partial charge in [0.15, 0.2) is 11.5 Å². The number of para-hydroxylation sites is 1. The molecule has 0 aliphatic carbocycles. The molecule has 1 aromatic carbocycles. The quantitative estimate of drug-likeness (QED) is 0.345. The molecule has 2 N–H and O–H groups in total. The van der Waals surface area contributed by atoms with Crippen LogP contribution >= 0.6 is 0 Å². The smallest absolute Gasteiger partial charge is 0.256 e. The van der Waals surface area contributed by atoms with Crippen molar-refractivity contribution < 1.29 is 19.1 Å². The maximum Gasteiger partial charge on any atom is 0.256 e. The third-order valence-electron chi connectivity index (χ3n) is 4.24. The molecule has 0 saturated heterocycles. The summed E-state index contributed by atoms with van der Waals surface area (Å²) in [5.41, 5.74) is 0.661. The highest BCUT2D eigenvalue weighted by Crippen LogP contribution is 2.32. The Labute approximate surface area is 168 Å². The fourth-order valence-corrected chi connectivity index (χ4v) is 2.55. The van der Waals surface area contributed by atoms with E-state index in [9.17, 15) is 9.59 Å². The summed E-state index contributed by atoms with van der Waals surface area (Å²) in [6.07, 6.45) is 3.24. The largest absolute Gasteiger partial charge is 0.493 e. The van der Waals surface area contributed by atoms with E-state index in [1.54, 1.807) is 31.4 Å². The number of carbonyl (C=O) groups excluding carboxylic acids is 2. The zero-order valence-corrected chi connectivity index (χ0v) is 17.9. The third-order valence-corrected chi connectivity index (χ3v) is 4.24. The molecule has 1 rings (SSSR count). The number of ether oxygens (including phenoxy) is 2. The molecular weight excluding hydrogens is 356 g/mol. The van der Waals surface area contributed by atoms with Gasteiger partial charge in [-0.15, -0.1) is 0 Å². The minimum Gasteiger partial charge on any atom is -0.493 e. The third kappa shape index (κ3) is 7.62. The van der Waals surface area contributed by atoms with Crippen LogP contribution in [-0.4, -0.2) is 39.1 Å². The normalized spacial score (nSPS) is 10.6. The van der Waals surface area contributed by atoms with Gasteiger partial charge in [0.05, 0.1) is 14.2 Å². The Hall–Kier alpha value is -2.50. The van der Waals surface area contributed by atoms with Crippen LogP contribution in [0.3, 0.4) is 0 Å². The van der Waals surface area contributed by atoms with Crippen molar-refractivity contribution in [3.8, 4) is 11.5 Å². The van der Waals surface area contributed by atoms with Crippen LogP contribution in [0.2, 0.25) is 0 Å². The Bertz CT molecular complexity index is 653. The lowest BCUT2D eigenvalue weighted by molar-refractivity contribution is -0.123. The molecule has 0 aromatic heterocycles. The van der Waals surface area contributed by atoms with Crippen molar-refractivity contribution in [2.45, 2.75) is 40.5 Å². The van der Waals surface area contributed by atoms with Gasteiger partial charge in [-0.1, -0.05) is 39.8 Å². The van der Waals surface area contributed by atoms with E-state index in [0.29, 0.717) is 42.0 Å². The second-order valence-electron chi connectivity index (χ2n) is 7.52. The Morgan fingerprint density at radius 2 is 1.46 bits per heavy atom. The van der Waals surface area contributed by atoms with Gasteiger partial charge < -0.3 is 20.1 Å². The molecule has 0 atom stereocenters. The van der Waals surface area contributed by atoms with E-state index in [1.807, 2.05) is 0 Å². The maximum atomic E-state index is 12.7. The van der Waals surface area contributed by atoms with Crippen molar-refractivity contribution in [1.29, 1.82) is 0 Å². The van der Waals surface area contributed by atoms with Crippen LogP contribution in [0.5, 0.6) is 11.5 Å². The predicted octanol–water partition coefficient (Wildman–Crippen LogP) is 3.41. The number of benzene rings is 1. The standard InChI is InChI=1S/C22H34N2O4/c1-15(2)10-12-23-21(25)18(22(26)24-13-11-16(3)4)14-17-8-7-9-19(27-5)20(17)28-6/h7-9,14-16H,10-13H2,1-6H3,(H,23,25)(H,24,26). The highest BCUT2D eigenvalue weighted by Gasteiger charge is 2.20. The van der Waals surface area contributed by atoms with Crippen LogP contribution in [-0.2, 0) is 9.59 Å². The van der Waals surface area contributed by atoms with Gasteiger partial charge >= 0.3 is 0 Å². The molecule has 6 nitrogen and oxygen atoms in total. The highest BCUT2D eigenvalue weighted by atomic mass is 16.5. The first kappa shape index (κ1) is 23.5. The lowest BCUT2D eigenvalue weighted by Gasteiger charge is -2.14. The molecular formula is C22H34N2O4. The molecule has 0 aliphatic heterocycles. The molecule has 1 aromatic rings. The first-order valence-electron chi connectivity index (χ1n) is 9.79. The molecule has 28 heavy (non-hydrogen) atoms. The maximum absolute atomic E-state index is 12.7. The van der Waals surface area contributed by atoms with Crippen molar-refractivity contribution >= 4 is 17.9 Å². The van der Waals surface area contributed by atoms with Crippen LogP contribution in [0.4, 0.5) is 0 Å². The van der Waals surface area contributed by atoms with Crippen molar-refractivity contribution in [2.75, 3.05) is 27.3 Å². The van der Waals surface area contributed by atoms with Crippen LogP contribution in [0.15, 0.2) is 23.8 Å². The van der Waals surface area contributed by atoms with Gasteiger partial charge in [-0.25, -0.2) is 0 Å². The van der Waals surface area contributed by atoms with E-state index < -0.39 is 11.8 Å². The van der Waals surface area contributed by atoms with Crippen LogP contribution in [0.25, 0.3) is 6.08 Å². The average molecular weight is 391 g/mol. The lowest BCUT2D eigenvalue weighted by atomic mass is 10.1. The molecule has 0 heterocycles. The van der Waals surface area contributed by atoms with Gasteiger partial charge in [0.25, 0.3) is 11.8 Å². The summed E-state index contributed by atoms with van der Waals surface area (Å²) in [6, 6.07) is 5.34. The van der Waals surface area contributed by atoms with E-state index in [4.69, 9.17) is 9.47 Å². The summed E-state index contributed by atoms with van der Waals surface area (Å²) in [6.45, 7) is 9.38. The van der Waals surface area contributed by atoms with Crippen molar-refractivity contribution in [3.05, 3.63) is 29.3 Å². The summed E-state index contributed by atoms with van der Waals surface area (Å²) in [4.78, 5) is 25.4. The molecule has 156 valence electrons. The van der Waals surface area contributed by atoms with Gasteiger partial charge in [0.2, 0.25) is 0 Å². The van der Waals surface area contributed by atoms with Gasteiger partial charge in [0, 0.05) is 18.7 Å². The average Bonchev–Trinajstić information content (AvgIpc) is 2.64. The molecule has 0 spiro atoms. The summed E-state index contributed by atoms with van der Waals surface area (Å²) in [5, 5.41) is 5.68. The monoisotopic (exact) mass is 390 g/mol. The van der Waals surface area contributed by atoms with Gasteiger partial charge in [-0.2, -0.15) is 0 Å². The van der Waals surface area contributed by atoms with E-state index in [-0.39, 0.29) is 5.57 Å². The SMILES string of the molecule is COc1cccc(C=C(C(=O)NCCC(C)C)C(=O)NCCC(C)C)c1OC. The molecule has 0 radical (unpaired) electrons. The van der Waals surface area contributed by atoms with Crippen LogP contribution in [0.1, 0.15) is 46.1 Å². The molecule has 2 amide bonds. The lowest BCUT2D eigenvalue weighted by Crippen LogP contribution is -2.36. The van der Waals surface area contributed by atoms with E-state index in [1.165, 1.54) is 7.11 Å². The van der Waals surface area contributed by atoms with Crippen LogP contribution < -0.4 is 20.1 Å². The molecule has 0 unspecified atom stereocenters. The molecule has 6 heteroatoms. The topological polar surface area (TPSA) is 76.7 Å². The van der Waals surface area contributed by atoms with Crippen molar-refractivity contribution in [3.63, 3.8) is 0 Å². The summed E-state index contributed by atoms with van der Waals surface area (Å²) in [5.74, 6) is 1.15. The molecule has 0 fully saturated rings. The molecule has 0 saturated carbocycles. The Morgan fingerprint density at radius 3 is 1.89 bits per heavy atom. The second-order valence-corrected chi connectivity index (χ2v) is 7.52. The highest BCUT2D eigenvalue weighted by molar-refractivity contribution is 6.21. The van der Waals surface area contributed by atoms with Crippen LogP contribution in [0, 0.1) is 11.8 Å². The zero-order chi connectivity index (χ0) is 21.1. The van der Waals surface area contributed by atoms with E-state index in [0.717, 1.165) is 12.8 Å². The number of methoxy groups -OCH3 is 2. The Balaban J connectivity index is 3.13. The summed E-state index contributed by atoms with van der Waals surface area (Å²) >= 11 is 0. The predicted molar refractivity (Wildman–Crippen MR) is 112 cm³/mol. The van der Waals surface area contributed by atoms with Crippen molar-refractivity contribution in [2.24, 2.45) is 11.8 Å². The van der Waals surface area contributed by atoms with Crippen molar-refractivity contribution in [1.82, 2.24) is 10.6 Å². The number of rotatable bonds is 11. The number of hydrogen-bond donors (Lipinski definition) is 2. The first-order chi connectivity index (χ1) is 13.3. The number of carbonyl (C=O) groups is 2. The van der Waals surface area contributed by atoms with Gasteiger partial charge in [0.1, 0.15) is 5.57 Å². The minimum absolute atomic E-state index is 0.0547. The van der Waals surface area contributed by atoms with Gasteiger partial charge in [-0.05, 0) is 36.8 Å². The summed E-state index contributed by atoms with van der Waals surface area (Å²) < 4.78 is 10.7. The molecule has 0 aliphatic rings. The number of hydrogen-bond acceptors (Lipinski definition) is 4. The van der Waals surface area contributed by atoms with E-state index >= 15 is 0 Å². The first-order valence-corrected chi connectivity index (χ1v) is 9.79. The molecule has 0 bridgehead atoms. The van der Waals surface area contributed by atoms with Gasteiger partial charge in [-0.3, -0.25) is 9.59 Å². The Morgan fingerprint density at radius 1 is 0.929 bits per heavy atom. The number of nitrogens with one attached hydrogen (secondary N) is 2. The minimum atomic E-state index is -0.396. The zero-order valence-electron chi connectivity index (χ0n) is 17.9. The fraction of sp³-hybridized carbons (Fsp3) is 0.545. The Kier molecular flexibility index (Phi) is 10.1. The number of amides is 2. The fourth-order valence-electron chi connectivity index (χ4n) is 2.55.